The van der Waals surface area contributed by atoms with Crippen molar-refractivity contribution in [3.8, 4) is 5.75 Å². The predicted molar refractivity (Wildman–Crippen MR) is 67.5 cm³/mol. The van der Waals surface area contributed by atoms with E-state index >= 15 is 0 Å². The van der Waals surface area contributed by atoms with E-state index in [1.165, 1.54) is 12.1 Å². The SMILES string of the molecule is NC(=S)CCCCOc1c(F)cccc1Cl. The Balaban J connectivity index is 2.34. The number of thiocarbonyl (C=S) groups is 1. The van der Waals surface area contributed by atoms with E-state index in [-0.39, 0.29) is 10.8 Å². The maximum atomic E-state index is 13.2. The van der Waals surface area contributed by atoms with Crippen molar-refractivity contribution in [2.24, 2.45) is 5.73 Å². The van der Waals surface area contributed by atoms with Crippen LogP contribution < -0.4 is 10.5 Å². The second-order valence-corrected chi connectivity index (χ2v) is 4.25. The van der Waals surface area contributed by atoms with Crippen LogP contribution in [0.2, 0.25) is 5.02 Å². The minimum atomic E-state index is -0.443. The number of halogens is 2. The molecule has 0 bridgehead atoms. The summed E-state index contributed by atoms with van der Waals surface area (Å²) in [4.78, 5) is 0.490. The minimum Gasteiger partial charge on any atom is -0.489 e. The Labute approximate surface area is 105 Å². The maximum absolute atomic E-state index is 13.2. The molecule has 16 heavy (non-hydrogen) atoms. The fourth-order valence-electron chi connectivity index (χ4n) is 1.20. The van der Waals surface area contributed by atoms with Gasteiger partial charge in [-0.05, 0) is 31.4 Å². The molecule has 0 saturated heterocycles. The summed E-state index contributed by atoms with van der Waals surface area (Å²) in [7, 11) is 0. The van der Waals surface area contributed by atoms with Gasteiger partial charge in [0.2, 0.25) is 0 Å². The third kappa shape index (κ3) is 4.33. The lowest BCUT2D eigenvalue weighted by molar-refractivity contribution is 0.293. The van der Waals surface area contributed by atoms with Crippen LogP contribution in [0.25, 0.3) is 0 Å². The highest BCUT2D eigenvalue weighted by atomic mass is 35.5. The molecule has 0 aliphatic carbocycles. The first kappa shape index (κ1) is 13.2. The summed E-state index contributed by atoms with van der Waals surface area (Å²) in [5.41, 5.74) is 5.34. The summed E-state index contributed by atoms with van der Waals surface area (Å²) in [6, 6.07) is 4.45. The van der Waals surface area contributed by atoms with E-state index in [1.54, 1.807) is 6.07 Å². The third-order valence-corrected chi connectivity index (χ3v) is 2.48. The van der Waals surface area contributed by atoms with Crippen molar-refractivity contribution in [1.29, 1.82) is 0 Å². The third-order valence-electron chi connectivity index (χ3n) is 1.98. The van der Waals surface area contributed by atoms with Crippen LogP contribution in [0.5, 0.6) is 5.75 Å². The van der Waals surface area contributed by atoms with Gasteiger partial charge in [-0.15, -0.1) is 0 Å². The zero-order valence-corrected chi connectivity index (χ0v) is 10.3. The fourth-order valence-corrected chi connectivity index (χ4v) is 1.56. The second-order valence-electron chi connectivity index (χ2n) is 3.32. The lowest BCUT2D eigenvalue weighted by atomic mass is 10.2. The van der Waals surface area contributed by atoms with Crippen molar-refractivity contribution in [1.82, 2.24) is 0 Å². The Morgan fingerprint density at radius 1 is 1.44 bits per heavy atom. The average molecular weight is 262 g/mol. The summed E-state index contributed by atoms with van der Waals surface area (Å²) in [6.45, 7) is 0.406. The van der Waals surface area contributed by atoms with Crippen molar-refractivity contribution in [2.75, 3.05) is 6.61 Å². The van der Waals surface area contributed by atoms with Gasteiger partial charge in [-0.2, -0.15) is 0 Å². The van der Waals surface area contributed by atoms with Crippen molar-refractivity contribution in [2.45, 2.75) is 19.3 Å². The van der Waals surface area contributed by atoms with E-state index in [4.69, 9.17) is 34.3 Å². The maximum Gasteiger partial charge on any atom is 0.173 e. The first-order valence-electron chi connectivity index (χ1n) is 4.96. The Bertz CT molecular complexity index is 353. The van der Waals surface area contributed by atoms with E-state index < -0.39 is 5.82 Å². The number of unbranched alkanes of at least 4 members (excludes halogenated alkanes) is 1. The van der Waals surface area contributed by atoms with Gasteiger partial charge in [0, 0.05) is 0 Å². The van der Waals surface area contributed by atoms with Gasteiger partial charge < -0.3 is 10.5 Å². The van der Waals surface area contributed by atoms with Crippen LogP contribution in [0.4, 0.5) is 4.39 Å². The summed E-state index contributed by atoms with van der Waals surface area (Å²) < 4.78 is 18.5. The van der Waals surface area contributed by atoms with E-state index in [9.17, 15) is 4.39 Å². The topological polar surface area (TPSA) is 35.2 Å². The van der Waals surface area contributed by atoms with Gasteiger partial charge in [0.1, 0.15) is 0 Å². The highest BCUT2D eigenvalue weighted by molar-refractivity contribution is 7.80. The first-order chi connectivity index (χ1) is 7.61. The van der Waals surface area contributed by atoms with E-state index in [1.807, 2.05) is 0 Å². The normalized spacial score (nSPS) is 10.1. The molecule has 0 saturated carbocycles. The highest BCUT2D eigenvalue weighted by Crippen LogP contribution is 2.27. The monoisotopic (exact) mass is 261 g/mol. The molecule has 0 aromatic heterocycles. The van der Waals surface area contributed by atoms with Crippen molar-refractivity contribution in [3.05, 3.63) is 29.0 Å². The van der Waals surface area contributed by atoms with Crippen LogP contribution in [-0.4, -0.2) is 11.6 Å². The molecule has 0 aliphatic rings. The van der Waals surface area contributed by atoms with Gasteiger partial charge in [0.05, 0.1) is 16.6 Å². The average Bonchev–Trinajstić information content (AvgIpc) is 2.21. The van der Waals surface area contributed by atoms with Gasteiger partial charge >= 0.3 is 0 Å². The van der Waals surface area contributed by atoms with Gasteiger partial charge in [-0.25, -0.2) is 4.39 Å². The predicted octanol–water partition coefficient (Wildman–Crippen LogP) is 3.31. The molecular formula is C11H13ClFNOS. The number of hydrogen-bond acceptors (Lipinski definition) is 2. The van der Waals surface area contributed by atoms with Crippen molar-refractivity contribution >= 4 is 28.8 Å². The highest BCUT2D eigenvalue weighted by Gasteiger charge is 2.07. The van der Waals surface area contributed by atoms with Crippen molar-refractivity contribution < 1.29 is 9.13 Å². The zero-order chi connectivity index (χ0) is 12.0. The lowest BCUT2D eigenvalue weighted by Crippen LogP contribution is -2.08. The number of para-hydroxylation sites is 1. The molecule has 2 N–H and O–H groups in total. The molecule has 5 heteroatoms. The number of ether oxygens (including phenoxy) is 1. The first-order valence-corrected chi connectivity index (χ1v) is 5.75. The molecule has 0 fully saturated rings. The molecule has 1 aromatic carbocycles. The second kappa shape index (κ2) is 6.66. The summed E-state index contributed by atoms with van der Waals surface area (Å²) in [6.07, 6.45) is 2.28. The Kier molecular flexibility index (Phi) is 5.49. The number of hydrogen-bond donors (Lipinski definition) is 1. The number of benzene rings is 1. The largest absolute Gasteiger partial charge is 0.489 e. The van der Waals surface area contributed by atoms with Crippen LogP contribution in [0.15, 0.2) is 18.2 Å². The van der Waals surface area contributed by atoms with Crippen LogP contribution >= 0.6 is 23.8 Å². The molecular weight excluding hydrogens is 249 g/mol. The number of rotatable bonds is 6. The van der Waals surface area contributed by atoms with E-state index in [0.29, 0.717) is 18.0 Å². The molecule has 0 radical (unpaired) electrons. The molecule has 0 spiro atoms. The molecule has 0 amide bonds. The smallest absolute Gasteiger partial charge is 0.173 e. The molecule has 0 unspecified atom stereocenters. The Hall–Kier alpha value is -0.870. The van der Waals surface area contributed by atoms with E-state index in [2.05, 4.69) is 0 Å². The summed E-state index contributed by atoms with van der Waals surface area (Å²) in [5.74, 6) is -0.332. The number of nitrogens with two attached hydrogens (primary N) is 1. The molecule has 1 rings (SSSR count). The summed E-state index contributed by atoms with van der Waals surface area (Å²) >= 11 is 10.5. The van der Waals surface area contributed by atoms with Gasteiger partial charge in [-0.1, -0.05) is 29.9 Å². The molecule has 88 valence electrons. The van der Waals surface area contributed by atoms with Crippen LogP contribution in [0.1, 0.15) is 19.3 Å². The van der Waals surface area contributed by atoms with Gasteiger partial charge in [0.25, 0.3) is 0 Å². The Morgan fingerprint density at radius 2 is 2.19 bits per heavy atom. The van der Waals surface area contributed by atoms with Crippen molar-refractivity contribution in [3.63, 3.8) is 0 Å². The molecule has 1 aromatic rings. The van der Waals surface area contributed by atoms with E-state index in [0.717, 1.165) is 12.8 Å². The molecule has 0 atom stereocenters. The van der Waals surface area contributed by atoms with Gasteiger partial charge in [0.15, 0.2) is 11.6 Å². The zero-order valence-electron chi connectivity index (χ0n) is 8.71. The fraction of sp³-hybridized carbons (Fsp3) is 0.364. The standard InChI is InChI=1S/C11H13ClFNOS/c12-8-4-3-5-9(13)11(8)15-7-2-1-6-10(14)16/h3-5H,1-2,6-7H2,(H2,14,16). The van der Waals surface area contributed by atoms with Gasteiger partial charge in [-0.3, -0.25) is 0 Å². The lowest BCUT2D eigenvalue weighted by Gasteiger charge is -2.08. The van der Waals surface area contributed by atoms with Crippen LogP contribution in [0, 0.1) is 5.82 Å². The summed E-state index contributed by atoms with van der Waals surface area (Å²) in [5, 5.41) is 0.286. The quantitative estimate of drug-likeness (QED) is 0.630. The molecule has 2 nitrogen and oxygen atoms in total. The molecule has 0 heterocycles. The van der Waals surface area contributed by atoms with Crippen LogP contribution in [-0.2, 0) is 0 Å². The van der Waals surface area contributed by atoms with Crippen LogP contribution in [0.3, 0.4) is 0 Å². The molecule has 0 aliphatic heterocycles. The minimum absolute atomic E-state index is 0.111. The Morgan fingerprint density at radius 3 is 2.81 bits per heavy atom.